The highest BCUT2D eigenvalue weighted by Gasteiger charge is 2.40. The van der Waals surface area contributed by atoms with Crippen LogP contribution in [0.25, 0.3) is 0 Å². The van der Waals surface area contributed by atoms with Crippen molar-refractivity contribution in [3.63, 3.8) is 0 Å². The molecule has 2 atom stereocenters. The van der Waals surface area contributed by atoms with E-state index in [0.29, 0.717) is 26.7 Å². The van der Waals surface area contributed by atoms with Gasteiger partial charge in [0.15, 0.2) is 0 Å². The van der Waals surface area contributed by atoms with E-state index >= 15 is 0 Å². The summed E-state index contributed by atoms with van der Waals surface area (Å²) in [5.74, 6) is 0. The van der Waals surface area contributed by atoms with Gasteiger partial charge >= 0.3 is 6.03 Å². The molecule has 1 saturated heterocycles. The van der Waals surface area contributed by atoms with E-state index in [2.05, 4.69) is 27.7 Å². The summed E-state index contributed by atoms with van der Waals surface area (Å²) in [6.45, 7) is 10.4. The molecule has 5 nitrogen and oxygen atoms in total. The summed E-state index contributed by atoms with van der Waals surface area (Å²) in [7, 11) is 0. The van der Waals surface area contributed by atoms with Crippen LogP contribution in [0.15, 0.2) is 0 Å². The maximum absolute atomic E-state index is 12.2. The van der Waals surface area contributed by atoms with E-state index in [-0.39, 0.29) is 18.1 Å². The third-order valence-electron chi connectivity index (χ3n) is 3.33. The number of ether oxygens (including phenoxy) is 2. The van der Waals surface area contributed by atoms with Crippen LogP contribution in [-0.4, -0.2) is 54.6 Å². The van der Waals surface area contributed by atoms with Crippen molar-refractivity contribution in [2.75, 3.05) is 26.7 Å². The van der Waals surface area contributed by atoms with Gasteiger partial charge < -0.3 is 9.47 Å². The highest BCUT2D eigenvalue weighted by molar-refractivity contribution is 5.77. The van der Waals surface area contributed by atoms with Gasteiger partial charge in [0.2, 0.25) is 0 Å². The highest BCUT2D eigenvalue weighted by Crippen LogP contribution is 2.22. The van der Waals surface area contributed by atoms with Crippen molar-refractivity contribution in [3.05, 3.63) is 0 Å². The zero-order chi connectivity index (χ0) is 13.5. The van der Waals surface area contributed by atoms with Gasteiger partial charge in [0.25, 0.3) is 0 Å². The number of nitrogens with zero attached hydrogens (tertiary/aromatic N) is 2. The van der Waals surface area contributed by atoms with Gasteiger partial charge in [-0.25, -0.2) is 4.79 Å². The van der Waals surface area contributed by atoms with Crippen molar-refractivity contribution in [2.45, 2.75) is 52.6 Å². The zero-order valence-corrected chi connectivity index (χ0v) is 12.0. The maximum Gasteiger partial charge on any atom is 0.324 e. The predicted molar refractivity (Wildman–Crippen MR) is 70.2 cm³/mol. The first-order chi connectivity index (χ1) is 8.63. The minimum Gasteiger partial charge on any atom is -0.361 e. The van der Waals surface area contributed by atoms with Gasteiger partial charge in [-0.15, -0.1) is 0 Å². The first kappa shape index (κ1) is 15.2. The van der Waals surface area contributed by atoms with Crippen LogP contribution in [0.2, 0.25) is 0 Å². The lowest BCUT2D eigenvalue weighted by Gasteiger charge is -2.20. The smallest absolute Gasteiger partial charge is 0.324 e. The molecule has 0 N–H and O–H groups in total. The molecule has 1 fully saturated rings. The Balaban J connectivity index is 2.48. The first-order valence-electron chi connectivity index (χ1n) is 6.86. The third kappa shape index (κ3) is 3.59. The highest BCUT2D eigenvalue weighted by atomic mass is 16.5. The fourth-order valence-electron chi connectivity index (χ4n) is 1.99. The van der Waals surface area contributed by atoms with Crippen LogP contribution < -0.4 is 0 Å². The number of carbonyl (C=O) groups excluding carboxylic acids is 1. The summed E-state index contributed by atoms with van der Waals surface area (Å²) in [4.78, 5) is 15.8. The van der Waals surface area contributed by atoms with E-state index < -0.39 is 0 Å². The Bertz CT molecular complexity index is 237. The van der Waals surface area contributed by atoms with Crippen LogP contribution in [0.3, 0.4) is 0 Å². The molecular weight excluding hydrogens is 232 g/mol. The second kappa shape index (κ2) is 7.59. The van der Waals surface area contributed by atoms with Gasteiger partial charge in [0.1, 0.15) is 13.5 Å². The molecule has 1 rings (SSSR count). The van der Waals surface area contributed by atoms with Crippen LogP contribution in [-0.2, 0) is 9.47 Å². The molecule has 0 bridgehead atoms. The number of hydrogen-bond acceptors (Lipinski definition) is 3. The van der Waals surface area contributed by atoms with E-state index in [1.807, 2.05) is 0 Å². The topological polar surface area (TPSA) is 42.0 Å². The Morgan fingerprint density at radius 1 is 0.944 bits per heavy atom. The normalized spacial score (nSPS) is 24.1. The van der Waals surface area contributed by atoms with Gasteiger partial charge in [-0.1, -0.05) is 13.8 Å². The monoisotopic (exact) mass is 258 g/mol. The molecule has 18 heavy (non-hydrogen) atoms. The average Bonchev–Trinajstić information content (AvgIpc) is 2.56. The quantitative estimate of drug-likeness (QED) is 0.627. The maximum atomic E-state index is 12.2. The molecule has 0 aliphatic carbocycles. The van der Waals surface area contributed by atoms with E-state index in [0.717, 1.165) is 12.8 Å². The Hall–Kier alpha value is -0.810. The molecule has 0 radical (unpaired) electrons. The second-order valence-corrected chi connectivity index (χ2v) is 4.78. The zero-order valence-electron chi connectivity index (χ0n) is 12.0. The van der Waals surface area contributed by atoms with Crippen molar-refractivity contribution < 1.29 is 14.3 Å². The third-order valence-corrected chi connectivity index (χ3v) is 3.33. The summed E-state index contributed by atoms with van der Waals surface area (Å²) in [5, 5.41) is 0. The van der Waals surface area contributed by atoms with Gasteiger partial charge in [0.05, 0.1) is 12.1 Å². The van der Waals surface area contributed by atoms with Crippen molar-refractivity contribution in [2.24, 2.45) is 0 Å². The van der Waals surface area contributed by atoms with Crippen molar-refractivity contribution in [1.82, 2.24) is 9.80 Å². The number of hydrogen-bond donors (Lipinski definition) is 0. The molecule has 1 aliphatic rings. The van der Waals surface area contributed by atoms with Crippen LogP contribution >= 0.6 is 0 Å². The fourth-order valence-corrected chi connectivity index (χ4v) is 1.99. The fraction of sp³-hybridized carbons (Fsp3) is 0.923. The summed E-state index contributed by atoms with van der Waals surface area (Å²) >= 11 is 0. The number of rotatable bonds is 8. The standard InChI is InChI=1S/C13H26N2O3/c1-5-7-17-9-14-11(3)12(4)15(13(14)16)10-18-8-6-2/h11-12H,5-10H2,1-4H3. The van der Waals surface area contributed by atoms with Crippen LogP contribution in [0.1, 0.15) is 40.5 Å². The Morgan fingerprint density at radius 3 is 1.67 bits per heavy atom. The number of carbonyl (C=O) groups is 1. The average molecular weight is 258 g/mol. The molecule has 0 spiro atoms. The molecular formula is C13H26N2O3. The summed E-state index contributed by atoms with van der Waals surface area (Å²) in [6.07, 6.45) is 1.94. The number of amides is 2. The molecule has 1 heterocycles. The van der Waals surface area contributed by atoms with E-state index in [1.165, 1.54) is 0 Å². The van der Waals surface area contributed by atoms with Crippen LogP contribution in [0, 0.1) is 0 Å². The molecule has 5 heteroatoms. The van der Waals surface area contributed by atoms with E-state index in [9.17, 15) is 4.79 Å². The van der Waals surface area contributed by atoms with Gasteiger partial charge in [0, 0.05) is 13.2 Å². The van der Waals surface area contributed by atoms with Crippen molar-refractivity contribution >= 4 is 6.03 Å². The molecule has 106 valence electrons. The lowest BCUT2D eigenvalue weighted by molar-refractivity contribution is 0.0349. The molecule has 0 aromatic heterocycles. The number of urea groups is 1. The Kier molecular flexibility index (Phi) is 6.43. The van der Waals surface area contributed by atoms with E-state index in [1.54, 1.807) is 9.80 Å². The minimum atomic E-state index is 0.0159. The first-order valence-corrected chi connectivity index (χ1v) is 6.86. The largest absolute Gasteiger partial charge is 0.361 e. The molecule has 0 saturated carbocycles. The lowest BCUT2D eigenvalue weighted by Crippen LogP contribution is -2.36. The Labute approximate surface area is 110 Å². The van der Waals surface area contributed by atoms with E-state index in [4.69, 9.17) is 9.47 Å². The van der Waals surface area contributed by atoms with Gasteiger partial charge in [-0.2, -0.15) is 0 Å². The summed E-state index contributed by atoms with van der Waals surface area (Å²) < 4.78 is 10.9. The SMILES string of the molecule is CCCOCN1C(=O)N(COCCC)C(C)C1C. The van der Waals surface area contributed by atoms with Crippen molar-refractivity contribution in [1.29, 1.82) is 0 Å². The molecule has 1 aliphatic heterocycles. The van der Waals surface area contributed by atoms with Gasteiger partial charge in [-0.05, 0) is 26.7 Å². The lowest BCUT2D eigenvalue weighted by atomic mass is 10.2. The van der Waals surface area contributed by atoms with Crippen LogP contribution in [0.4, 0.5) is 4.79 Å². The predicted octanol–water partition coefficient (Wildman–Crippen LogP) is 2.27. The van der Waals surface area contributed by atoms with Crippen LogP contribution in [0.5, 0.6) is 0 Å². The molecule has 2 unspecified atom stereocenters. The van der Waals surface area contributed by atoms with Crippen molar-refractivity contribution in [3.8, 4) is 0 Å². The molecule has 2 amide bonds. The minimum absolute atomic E-state index is 0.0159. The molecule has 0 aromatic rings. The summed E-state index contributed by atoms with van der Waals surface area (Å²) in [5.41, 5.74) is 0. The van der Waals surface area contributed by atoms with Gasteiger partial charge in [-0.3, -0.25) is 9.80 Å². The Morgan fingerprint density at radius 2 is 1.33 bits per heavy atom. The molecule has 0 aromatic carbocycles. The summed E-state index contributed by atoms with van der Waals surface area (Å²) in [6, 6.07) is 0.348. The second-order valence-electron chi connectivity index (χ2n) is 4.78.